The third kappa shape index (κ3) is 5.31. The molecule has 1 aromatic carbocycles. The van der Waals surface area contributed by atoms with Crippen molar-refractivity contribution < 1.29 is 19.1 Å². The number of anilines is 1. The van der Waals surface area contributed by atoms with Crippen LogP contribution in [0.2, 0.25) is 0 Å². The fourth-order valence-electron chi connectivity index (χ4n) is 1.98. The van der Waals surface area contributed by atoms with Crippen LogP contribution in [0.4, 0.5) is 5.69 Å². The molecule has 0 fully saturated rings. The van der Waals surface area contributed by atoms with Gasteiger partial charge >= 0.3 is 5.97 Å². The van der Waals surface area contributed by atoms with E-state index in [9.17, 15) is 14.4 Å². The predicted molar refractivity (Wildman–Crippen MR) is 93.5 cm³/mol. The van der Waals surface area contributed by atoms with Gasteiger partial charge in [0.1, 0.15) is 0 Å². The zero-order valence-corrected chi connectivity index (χ0v) is 14.2. The maximum absolute atomic E-state index is 11.9. The lowest BCUT2D eigenvalue weighted by Crippen LogP contribution is -2.13. The highest BCUT2D eigenvalue weighted by Crippen LogP contribution is 2.14. The third-order valence-electron chi connectivity index (χ3n) is 3.22. The Morgan fingerprint density at radius 2 is 1.83 bits per heavy atom. The summed E-state index contributed by atoms with van der Waals surface area (Å²) in [6.45, 7) is 2.31. The van der Waals surface area contributed by atoms with Crippen LogP contribution in [0.25, 0.3) is 0 Å². The Balaban J connectivity index is 1.81. The maximum Gasteiger partial charge on any atom is 0.338 e. The molecule has 0 saturated carbocycles. The minimum atomic E-state index is -0.378. The highest BCUT2D eigenvalue weighted by atomic mass is 32.1. The Labute approximate surface area is 144 Å². The Bertz CT molecular complexity index is 692. The summed E-state index contributed by atoms with van der Waals surface area (Å²) in [6.07, 6.45) is 1.06. The van der Waals surface area contributed by atoms with Crippen molar-refractivity contribution in [2.45, 2.75) is 26.2 Å². The second kappa shape index (κ2) is 8.98. The van der Waals surface area contributed by atoms with Crippen molar-refractivity contribution in [1.82, 2.24) is 0 Å². The molecule has 24 heavy (non-hydrogen) atoms. The second-order valence-corrected chi connectivity index (χ2v) is 6.11. The van der Waals surface area contributed by atoms with E-state index in [0.29, 0.717) is 22.7 Å². The van der Waals surface area contributed by atoms with Crippen molar-refractivity contribution in [2.75, 3.05) is 11.9 Å². The summed E-state index contributed by atoms with van der Waals surface area (Å²) in [6, 6.07) is 10.0. The molecule has 0 saturated heterocycles. The fraction of sp³-hybridized carbons (Fsp3) is 0.278. The van der Waals surface area contributed by atoms with Crippen LogP contribution in [0.5, 0.6) is 0 Å². The van der Waals surface area contributed by atoms with Crippen LogP contribution >= 0.6 is 11.3 Å². The van der Waals surface area contributed by atoms with E-state index in [1.807, 2.05) is 18.4 Å². The molecule has 0 unspecified atom stereocenters. The lowest BCUT2D eigenvalue weighted by molar-refractivity contribution is -0.116. The molecule has 0 spiro atoms. The maximum atomic E-state index is 11.9. The molecule has 0 radical (unpaired) electrons. The van der Waals surface area contributed by atoms with Gasteiger partial charge < -0.3 is 10.1 Å². The first-order valence-corrected chi connectivity index (χ1v) is 8.62. The number of hydrogen-bond donors (Lipinski definition) is 1. The minimum absolute atomic E-state index is 0.0332. The number of hydrogen-bond acceptors (Lipinski definition) is 5. The van der Waals surface area contributed by atoms with Gasteiger partial charge in [0.2, 0.25) is 5.91 Å². The van der Waals surface area contributed by atoms with Crippen molar-refractivity contribution in [2.24, 2.45) is 0 Å². The van der Waals surface area contributed by atoms with Crippen molar-refractivity contribution in [1.29, 1.82) is 0 Å². The van der Waals surface area contributed by atoms with Gasteiger partial charge in [0.25, 0.3) is 0 Å². The highest BCUT2D eigenvalue weighted by Gasteiger charge is 2.11. The zero-order chi connectivity index (χ0) is 17.4. The van der Waals surface area contributed by atoms with Crippen LogP contribution < -0.4 is 5.32 Å². The molecule has 0 atom stereocenters. The Kier molecular flexibility index (Phi) is 6.69. The lowest BCUT2D eigenvalue weighted by atomic mass is 10.1. The number of carbonyl (C=O) groups excluding carboxylic acids is 3. The number of amides is 1. The predicted octanol–water partition coefficient (Wildman–Crippen LogP) is 3.92. The Morgan fingerprint density at radius 1 is 1.08 bits per heavy atom. The molecule has 1 N–H and O–H groups in total. The van der Waals surface area contributed by atoms with Gasteiger partial charge in [-0.2, -0.15) is 0 Å². The normalized spacial score (nSPS) is 10.2. The molecule has 2 aromatic rings. The van der Waals surface area contributed by atoms with Crippen LogP contribution in [-0.2, 0) is 9.53 Å². The molecule has 2 rings (SSSR count). The Hall–Kier alpha value is -2.47. The topological polar surface area (TPSA) is 72.5 Å². The van der Waals surface area contributed by atoms with Crippen LogP contribution in [0.15, 0.2) is 41.8 Å². The van der Waals surface area contributed by atoms with Gasteiger partial charge in [-0.15, -0.1) is 11.3 Å². The van der Waals surface area contributed by atoms with E-state index in [4.69, 9.17) is 4.74 Å². The van der Waals surface area contributed by atoms with Crippen molar-refractivity contribution in [3.05, 3.63) is 52.2 Å². The van der Waals surface area contributed by atoms with E-state index in [0.717, 1.165) is 6.42 Å². The van der Waals surface area contributed by atoms with Gasteiger partial charge in [-0.05, 0) is 42.1 Å². The lowest BCUT2D eigenvalue weighted by Gasteiger charge is -2.06. The first-order chi connectivity index (χ1) is 11.6. The molecular formula is C18H19NO4S. The number of rotatable bonds is 8. The number of ketones is 1. The molecule has 0 aliphatic carbocycles. The fourth-order valence-corrected chi connectivity index (χ4v) is 2.67. The summed E-state index contributed by atoms with van der Waals surface area (Å²) in [5.41, 5.74) is 1.02. The number of Topliss-reactive ketones (excluding diaryl/α,β-unsaturated/α-hetero) is 1. The summed E-state index contributed by atoms with van der Waals surface area (Å²) >= 11 is 1.37. The Morgan fingerprint density at radius 3 is 2.46 bits per heavy atom. The van der Waals surface area contributed by atoms with E-state index in [-0.39, 0.29) is 30.5 Å². The largest absolute Gasteiger partial charge is 0.462 e. The van der Waals surface area contributed by atoms with Gasteiger partial charge in [-0.1, -0.05) is 13.0 Å². The van der Waals surface area contributed by atoms with Crippen molar-refractivity contribution in [3.63, 3.8) is 0 Å². The SMILES string of the molecule is CCCOC(=O)c1ccc(NC(=O)CCC(=O)c2cccs2)cc1. The van der Waals surface area contributed by atoms with E-state index in [1.165, 1.54) is 11.3 Å². The molecule has 0 aliphatic heterocycles. The van der Waals surface area contributed by atoms with Gasteiger partial charge in [0.05, 0.1) is 17.0 Å². The van der Waals surface area contributed by atoms with Crippen LogP contribution in [0, 0.1) is 0 Å². The smallest absolute Gasteiger partial charge is 0.338 e. The number of benzene rings is 1. The van der Waals surface area contributed by atoms with Gasteiger partial charge in [-0.3, -0.25) is 9.59 Å². The first-order valence-electron chi connectivity index (χ1n) is 7.74. The van der Waals surface area contributed by atoms with Crippen molar-refractivity contribution >= 4 is 34.7 Å². The van der Waals surface area contributed by atoms with E-state index < -0.39 is 0 Å². The average molecular weight is 345 g/mol. The van der Waals surface area contributed by atoms with E-state index >= 15 is 0 Å². The van der Waals surface area contributed by atoms with Crippen LogP contribution in [-0.4, -0.2) is 24.3 Å². The molecule has 1 aromatic heterocycles. The van der Waals surface area contributed by atoms with E-state index in [1.54, 1.807) is 30.3 Å². The van der Waals surface area contributed by atoms with Gasteiger partial charge in [0, 0.05) is 18.5 Å². The first kappa shape index (κ1) is 17.9. The van der Waals surface area contributed by atoms with Crippen LogP contribution in [0.1, 0.15) is 46.2 Å². The monoisotopic (exact) mass is 345 g/mol. The van der Waals surface area contributed by atoms with Crippen molar-refractivity contribution in [3.8, 4) is 0 Å². The molecule has 0 bridgehead atoms. The number of ether oxygens (including phenoxy) is 1. The summed E-state index contributed by atoms with van der Waals surface area (Å²) < 4.78 is 5.04. The summed E-state index contributed by atoms with van der Waals surface area (Å²) in [4.78, 5) is 36.1. The molecule has 6 heteroatoms. The summed E-state index contributed by atoms with van der Waals surface area (Å²) in [5.74, 6) is -0.647. The van der Waals surface area contributed by atoms with Crippen LogP contribution in [0.3, 0.4) is 0 Å². The molecule has 1 heterocycles. The molecule has 126 valence electrons. The number of thiophene rings is 1. The standard InChI is InChI=1S/C18H19NO4S/c1-2-11-23-18(22)13-5-7-14(8-6-13)19-17(21)10-9-15(20)16-4-3-12-24-16/h3-8,12H,2,9-11H2,1H3,(H,19,21). The second-order valence-electron chi connectivity index (χ2n) is 5.16. The highest BCUT2D eigenvalue weighted by molar-refractivity contribution is 7.12. The van der Waals surface area contributed by atoms with Gasteiger partial charge in [0.15, 0.2) is 5.78 Å². The number of nitrogens with one attached hydrogen (secondary N) is 1. The summed E-state index contributed by atoms with van der Waals surface area (Å²) in [7, 11) is 0. The molecule has 0 aliphatic rings. The molecule has 1 amide bonds. The molecule has 5 nitrogen and oxygen atoms in total. The molecular weight excluding hydrogens is 326 g/mol. The average Bonchev–Trinajstić information content (AvgIpc) is 3.13. The van der Waals surface area contributed by atoms with E-state index in [2.05, 4.69) is 5.32 Å². The third-order valence-corrected chi connectivity index (χ3v) is 4.13. The number of carbonyl (C=O) groups is 3. The minimum Gasteiger partial charge on any atom is -0.462 e. The van der Waals surface area contributed by atoms with Gasteiger partial charge in [-0.25, -0.2) is 4.79 Å². The zero-order valence-electron chi connectivity index (χ0n) is 13.4. The number of esters is 1. The quantitative estimate of drug-likeness (QED) is 0.581. The summed E-state index contributed by atoms with van der Waals surface area (Å²) in [5, 5.41) is 4.55.